The molecule has 0 spiro atoms. The van der Waals surface area contributed by atoms with Crippen molar-refractivity contribution in [1.29, 1.82) is 0 Å². The van der Waals surface area contributed by atoms with E-state index in [1.165, 1.54) is 0 Å². The van der Waals surface area contributed by atoms with Crippen molar-refractivity contribution >= 4 is 11.6 Å². The number of benzene rings is 1. The van der Waals surface area contributed by atoms with Gasteiger partial charge in [-0.25, -0.2) is 8.78 Å². The van der Waals surface area contributed by atoms with Crippen molar-refractivity contribution in [3.8, 4) is 0 Å². The van der Waals surface area contributed by atoms with Crippen LogP contribution in [0.15, 0.2) is 24.3 Å². The molecule has 1 aliphatic carbocycles. The van der Waals surface area contributed by atoms with Gasteiger partial charge >= 0.3 is 0 Å². The Morgan fingerprint density at radius 1 is 0.938 bits per heavy atom. The van der Waals surface area contributed by atoms with Crippen molar-refractivity contribution < 1.29 is 18.4 Å². The number of allylic oxidation sites excluding steroid dienone is 1. The molecule has 0 bridgehead atoms. The highest BCUT2D eigenvalue weighted by molar-refractivity contribution is 6.39. The van der Waals surface area contributed by atoms with Gasteiger partial charge in [0, 0.05) is 11.1 Å². The number of rotatable bonds is 0. The summed E-state index contributed by atoms with van der Waals surface area (Å²) in [4.78, 5) is 22.5. The van der Waals surface area contributed by atoms with Crippen molar-refractivity contribution in [2.45, 2.75) is 13.8 Å². The van der Waals surface area contributed by atoms with Crippen LogP contribution in [0.1, 0.15) is 34.6 Å². The summed E-state index contributed by atoms with van der Waals surface area (Å²) in [5.74, 6) is -3.55. The van der Waals surface area contributed by atoms with Crippen LogP contribution in [0.3, 0.4) is 0 Å². The first-order valence-electron chi connectivity index (χ1n) is 4.79. The second-order valence-electron chi connectivity index (χ2n) is 2.95. The van der Waals surface area contributed by atoms with Gasteiger partial charge in [-0.2, -0.15) is 0 Å². The molecule has 1 aromatic rings. The smallest absolute Gasteiger partial charge is 0.197 e. The number of ketones is 2. The van der Waals surface area contributed by atoms with Crippen LogP contribution in [-0.4, -0.2) is 11.6 Å². The SMILES string of the molecule is C=C1C(=O)c2cc(F)c(F)cc2C1=O.CC. The Balaban J connectivity index is 0.000000606. The van der Waals surface area contributed by atoms with E-state index in [0.717, 1.165) is 12.1 Å². The minimum absolute atomic E-state index is 0.112. The van der Waals surface area contributed by atoms with Gasteiger partial charge in [0.15, 0.2) is 23.2 Å². The zero-order valence-electron chi connectivity index (χ0n) is 8.93. The quantitative estimate of drug-likeness (QED) is 0.501. The van der Waals surface area contributed by atoms with E-state index in [-0.39, 0.29) is 16.7 Å². The maximum Gasteiger partial charge on any atom is 0.197 e. The molecule has 2 rings (SSSR count). The summed E-state index contributed by atoms with van der Waals surface area (Å²) in [6, 6.07) is 1.45. The van der Waals surface area contributed by atoms with E-state index in [1.54, 1.807) is 0 Å². The Kier molecular flexibility index (Phi) is 3.32. The lowest BCUT2D eigenvalue weighted by Crippen LogP contribution is -1.97. The summed E-state index contributed by atoms with van der Waals surface area (Å²) < 4.78 is 25.5. The molecule has 0 fully saturated rings. The monoisotopic (exact) mass is 224 g/mol. The predicted molar refractivity (Wildman–Crippen MR) is 55.5 cm³/mol. The van der Waals surface area contributed by atoms with E-state index in [9.17, 15) is 18.4 Å². The van der Waals surface area contributed by atoms with Crippen molar-refractivity contribution in [2.75, 3.05) is 0 Å². The topological polar surface area (TPSA) is 34.1 Å². The van der Waals surface area contributed by atoms with Crippen LogP contribution in [0.4, 0.5) is 8.78 Å². The summed E-state index contributed by atoms with van der Waals surface area (Å²) in [6.07, 6.45) is 0. The van der Waals surface area contributed by atoms with Crippen molar-refractivity contribution in [2.24, 2.45) is 0 Å². The summed E-state index contributed by atoms with van der Waals surface area (Å²) in [7, 11) is 0. The second kappa shape index (κ2) is 4.35. The first kappa shape index (κ1) is 12.2. The Labute approximate surface area is 91.6 Å². The molecule has 0 heterocycles. The third kappa shape index (κ3) is 1.66. The molecule has 1 aliphatic rings. The molecule has 0 aliphatic heterocycles. The van der Waals surface area contributed by atoms with Crippen LogP contribution >= 0.6 is 0 Å². The van der Waals surface area contributed by atoms with Crippen molar-refractivity contribution in [3.05, 3.63) is 47.0 Å². The Bertz CT molecular complexity index is 447. The third-order valence-electron chi connectivity index (χ3n) is 2.10. The number of Topliss-reactive ketones (excluding diaryl/α,β-unsaturated/α-hetero) is 2. The Morgan fingerprint density at radius 2 is 1.25 bits per heavy atom. The van der Waals surface area contributed by atoms with Crippen molar-refractivity contribution in [3.63, 3.8) is 0 Å². The zero-order valence-corrected chi connectivity index (χ0v) is 8.93. The predicted octanol–water partition coefficient (Wildman–Crippen LogP) is 2.93. The molecule has 0 atom stereocenters. The second-order valence-corrected chi connectivity index (χ2v) is 2.95. The fraction of sp³-hybridized carbons (Fsp3) is 0.167. The molecule has 0 N–H and O–H groups in total. The van der Waals surface area contributed by atoms with Crippen LogP contribution < -0.4 is 0 Å². The average molecular weight is 224 g/mol. The first-order chi connectivity index (χ1) is 7.52. The zero-order chi connectivity index (χ0) is 12.5. The standard InChI is InChI=1S/C10H4F2O2.C2H6/c1-4-9(13)5-2-7(11)8(12)3-6(5)10(4)14;1-2/h2-3H,1H2;1-2H3. The molecule has 0 unspecified atom stereocenters. The van der Waals surface area contributed by atoms with E-state index in [4.69, 9.17) is 0 Å². The molecule has 0 saturated heterocycles. The molecule has 0 radical (unpaired) electrons. The lowest BCUT2D eigenvalue weighted by molar-refractivity contribution is 0.0989. The van der Waals surface area contributed by atoms with E-state index in [2.05, 4.69) is 6.58 Å². The van der Waals surface area contributed by atoms with Gasteiger partial charge in [0.2, 0.25) is 0 Å². The normalized spacial score (nSPS) is 13.4. The molecule has 0 aromatic heterocycles. The molecular formula is C12H10F2O2. The number of hydrogen-bond donors (Lipinski definition) is 0. The molecule has 1 aromatic carbocycles. The number of fused-ring (bicyclic) bond motifs is 1. The summed E-state index contributed by atoms with van der Waals surface area (Å²) in [6.45, 7) is 7.25. The van der Waals surface area contributed by atoms with Crippen LogP contribution in [0, 0.1) is 11.6 Å². The largest absolute Gasteiger partial charge is 0.288 e. The molecule has 0 amide bonds. The lowest BCUT2D eigenvalue weighted by atomic mass is 10.1. The number of hydrogen-bond acceptors (Lipinski definition) is 2. The van der Waals surface area contributed by atoms with Gasteiger partial charge in [-0.3, -0.25) is 9.59 Å². The van der Waals surface area contributed by atoms with Gasteiger partial charge in [-0.15, -0.1) is 0 Å². The van der Waals surface area contributed by atoms with Gasteiger partial charge < -0.3 is 0 Å². The maximum atomic E-state index is 12.7. The van der Waals surface area contributed by atoms with Gasteiger partial charge in [-0.05, 0) is 12.1 Å². The number of halogens is 2. The Hall–Kier alpha value is -1.84. The van der Waals surface area contributed by atoms with E-state index in [0.29, 0.717) is 0 Å². The minimum Gasteiger partial charge on any atom is -0.288 e. The van der Waals surface area contributed by atoms with E-state index >= 15 is 0 Å². The highest BCUT2D eigenvalue weighted by Crippen LogP contribution is 2.27. The molecule has 16 heavy (non-hydrogen) atoms. The van der Waals surface area contributed by atoms with Crippen LogP contribution in [-0.2, 0) is 0 Å². The summed E-state index contributed by atoms with van der Waals surface area (Å²) in [5.41, 5.74) is -0.470. The van der Waals surface area contributed by atoms with Gasteiger partial charge in [0.25, 0.3) is 0 Å². The molecule has 84 valence electrons. The highest BCUT2D eigenvalue weighted by Gasteiger charge is 2.32. The fourth-order valence-electron chi connectivity index (χ4n) is 1.35. The third-order valence-corrected chi connectivity index (χ3v) is 2.10. The minimum atomic E-state index is -1.14. The molecule has 2 nitrogen and oxygen atoms in total. The fourth-order valence-corrected chi connectivity index (χ4v) is 1.35. The molecular weight excluding hydrogens is 214 g/mol. The van der Waals surface area contributed by atoms with Crippen molar-refractivity contribution in [1.82, 2.24) is 0 Å². The number of carbonyl (C=O) groups is 2. The van der Waals surface area contributed by atoms with Crippen LogP contribution in [0.25, 0.3) is 0 Å². The maximum absolute atomic E-state index is 12.7. The van der Waals surface area contributed by atoms with Gasteiger partial charge in [0.1, 0.15) is 0 Å². The first-order valence-corrected chi connectivity index (χ1v) is 4.79. The van der Waals surface area contributed by atoms with Gasteiger partial charge in [0.05, 0.1) is 5.57 Å². The lowest BCUT2D eigenvalue weighted by Gasteiger charge is -1.96. The number of carbonyl (C=O) groups excluding carboxylic acids is 2. The Morgan fingerprint density at radius 3 is 1.56 bits per heavy atom. The van der Waals surface area contributed by atoms with E-state index in [1.807, 2.05) is 13.8 Å². The summed E-state index contributed by atoms with van der Waals surface area (Å²) in [5, 5.41) is 0. The van der Waals surface area contributed by atoms with Gasteiger partial charge in [-0.1, -0.05) is 20.4 Å². The van der Waals surface area contributed by atoms with Crippen LogP contribution in [0.5, 0.6) is 0 Å². The molecule has 4 heteroatoms. The van der Waals surface area contributed by atoms with E-state index < -0.39 is 23.2 Å². The summed E-state index contributed by atoms with van der Waals surface area (Å²) >= 11 is 0. The molecule has 0 saturated carbocycles. The average Bonchev–Trinajstić information content (AvgIpc) is 2.49. The van der Waals surface area contributed by atoms with Crippen LogP contribution in [0.2, 0.25) is 0 Å². The highest BCUT2D eigenvalue weighted by atomic mass is 19.2.